The molecule has 0 aliphatic heterocycles. The van der Waals surface area contributed by atoms with Crippen molar-refractivity contribution in [3.8, 4) is 5.75 Å². The van der Waals surface area contributed by atoms with Gasteiger partial charge in [-0.3, -0.25) is 4.79 Å². The van der Waals surface area contributed by atoms with Crippen molar-refractivity contribution in [1.82, 2.24) is 0 Å². The number of hydrogen-bond donors (Lipinski definition) is 0. The van der Waals surface area contributed by atoms with E-state index >= 15 is 0 Å². The van der Waals surface area contributed by atoms with Crippen molar-refractivity contribution in [2.24, 2.45) is 0 Å². The third kappa shape index (κ3) is 4.85. The first kappa shape index (κ1) is 12.1. The molecule has 0 aromatic heterocycles. The summed E-state index contributed by atoms with van der Waals surface area (Å²) in [5, 5.41) is -0.0215. The average molecular weight is 246 g/mol. The van der Waals surface area contributed by atoms with E-state index in [0.717, 1.165) is 22.9 Å². The van der Waals surface area contributed by atoms with Crippen LogP contribution in [0.5, 0.6) is 5.75 Å². The van der Waals surface area contributed by atoms with Crippen molar-refractivity contribution in [3.63, 3.8) is 0 Å². The van der Waals surface area contributed by atoms with E-state index in [4.69, 9.17) is 0 Å². The van der Waals surface area contributed by atoms with Crippen molar-refractivity contribution in [2.45, 2.75) is 11.8 Å². The monoisotopic (exact) mass is 246 g/mol. The molecule has 0 radical (unpaired) electrons. The molecule has 15 heavy (non-hydrogen) atoms. The number of benzene rings is 1. The standard InChI is InChI=1S/C9H10O4S2/c1-7(10)14-9-5-3-8(4-6-9)13-15(2,11)12/h3-6H,1-2H3. The highest BCUT2D eigenvalue weighted by Gasteiger charge is 2.04. The minimum absolute atomic E-state index is 0.0215. The lowest BCUT2D eigenvalue weighted by atomic mass is 10.3. The van der Waals surface area contributed by atoms with E-state index in [9.17, 15) is 13.2 Å². The molecule has 1 rings (SSSR count). The van der Waals surface area contributed by atoms with Gasteiger partial charge in [0.1, 0.15) is 5.75 Å². The summed E-state index contributed by atoms with van der Waals surface area (Å²) in [6.07, 6.45) is 0.977. The molecule has 0 atom stereocenters. The zero-order valence-corrected chi connectivity index (χ0v) is 9.89. The minimum Gasteiger partial charge on any atom is -0.383 e. The Morgan fingerprint density at radius 1 is 1.27 bits per heavy atom. The van der Waals surface area contributed by atoms with E-state index in [2.05, 4.69) is 4.18 Å². The molecule has 0 amide bonds. The van der Waals surface area contributed by atoms with E-state index < -0.39 is 10.1 Å². The molecule has 0 saturated heterocycles. The largest absolute Gasteiger partial charge is 0.383 e. The maximum absolute atomic E-state index is 10.8. The van der Waals surface area contributed by atoms with E-state index in [-0.39, 0.29) is 10.9 Å². The first-order chi connectivity index (χ1) is 6.87. The second-order valence-corrected chi connectivity index (χ2v) is 5.68. The molecule has 0 unspecified atom stereocenters. The zero-order chi connectivity index (χ0) is 11.5. The van der Waals surface area contributed by atoms with Gasteiger partial charge >= 0.3 is 10.1 Å². The fourth-order valence-corrected chi connectivity index (χ4v) is 1.97. The molecule has 0 heterocycles. The summed E-state index contributed by atoms with van der Waals surface area (Å²) >= 11 is 1.08. The Hall–Kier alpha value is -1.01. The molecule has 0 aliphatic carbocycles. The Bertz CT molecular complexity index is 448. The van der Waals surface area contributed by atoms with Crippen LogP contribution in [0.1, 0.15) is 6.92 Å². The lowest BCUT2D eigenvalue weighted by Crippen LogP contribution is -2.05. The second-order valence-electron chi connectivity index (χ2n) is 2.85. The van der Waals surface area contributed by atoms with E-state index in [0.29, 0.717) is 0 Å². The molecule has 4 nitrogen and oxygen atoms in total. The van der Waals surface area contributed by atoms with Crippen LogP contribution in [0.15, 0.2) is 29.2 Å². The van der Waals surface area contributed by atoms with Crippen LogP contribution in [0.3, 0.4) is 0 Å². The van der Waals surface area contributed by atoms with Crippen LogP contribution in [0, 0.1) is 0 Å². The molecule has 0 fully saturated rings. The Labute approximate surface area is 92.8 Å². The topological polar surface area (TPSA) is 60.4 Å². The molecule has 0 N–H and O–H groups in total. The third-order valence-electron chi connectivity index (χ3n) is 1.33. The maximum atomic E-state index is 10.8. The fourth-order valence-electron chi connectivity index (χ4n) is 0.904. The van der Waals surface area contributed by atoms with Gasteiger partial charge in [0.25, 0.3) is 0 Å². The van der Waals surface area contributed by atoms with Gasteiger partial charge in [0.15, 0.2) is 5.12 Å². The Morgan fingerprint density at radius 2 is 1.80 bits per heavy atom. The Balaban J connectivity index is 2.77. The van der Waals surface area contributed by atoms with Gasteiger partial charge in [0, 0.05) is 11.8 Å². The van der Waals surface area contributed by atoms with Crippen molar-refractivity contribution >= 4 is 27.0 Å². The summed E-state index contributed by atoms with van der Waals surface area (Å²) in [5.74, 6) is 0.241. The normalized spacial score (nSPS) is 11.1. The van der Waals surface area contributed by atoms with Crippen LogP contribution in [0.2, 0.25) is 0 Å². The van der Waals surface area contributed by atoms with Gasteiger partial charge in [-0.05, 0) is 24.3 Å². The quantitative estimate of drug-likeness (QED) is 0.599. The third-order valence-corrected chi connectivity index (χ3v) is 2.62. The molecule has 6 heteroatoms. The van der Waals surface area contributed by atoms with Crippen LogP contribution in [0.25, 0.3) is 0 Å². The summed E-state index contributed by atoms with van der Waals surface area (Å²) in [6.45, 7) is 1.46. The number of rotatable bonds is 3. The molecule has 1 aromatic rings. The molecular weight excluding hydrogens is 236 g/mol. The van der Waals surface area contributed by atoms with Gasteiger partial charge in [-0.1, -0.05) is 11.8 Å². The van der Waals surface area contributed by atoms with E-state index in [1.807, 2.05) is 0 Å². The highest BCUT2D eigenvalue weighted by Crippen LogP contribution is 2.22. The Kier molecular flexibility index (Phi) is 3.76. The van der Waals surface area contributed by atoms with Crippen LogP contribution in [-0.4, -0.2) is 19.8 Å². The predicted octanol–water partition coefficient (Wildman–Crippen LogP) is 1.66. The lowest BCUT2D eigenvalue weighted by molar-refractivity contribution is -0.109. The van der Waals surface area contributed by atoms with Gasteiger partial charge < -0.3 is 4.18 Å². The number of thioether (sulfide) groups is 1. The van der Waals surface area contributed by atoms with Gasteiger partial charge in [-0.15, -0.1) is 0 Å². The van der Waals surface area contributed by atoms with Crippen LogP contribution in [0.4, 0.5) is 0 Å². The first-order valence-electron chi connectivity index (χ1n) is 4.05. The van der Waals surface area contributed by atoms with Gasteiger partial charge in [-0.2, -0.15) is 8.42 Å². The highest BCUT2D eigenvalue weighted by atomic mass is 32.2. The zero-order valence-electron chi connectivity index (χ0n) is 8.26. The average Bonchev–Trinajstić information content (AvgIpc) is 2.05. The molecule has 82 valence electrons. The smallest absolute Gasteiger partial charge is 0.306 e. The SMILES string of the molecule is CC(=O)Sc1ccc(OS(C)(=O)=O)cc1. The second kappa shape index (κ2) is 4.67. The molecule has 0 bridgehead atoms. The van der Waals surface area contributed by atoms with E-state index in [1.165, 1.54) is 19.1 Å². The number of carbonyl (C=O) groups excluding carboxylic acids is 1. The fraction of sp³-hybridized carbons (Fsp3) is 0.222. The summed E-state index contributed by atoms with van der Waals surface area (Å²) in [5.41, 5.74) is 0. The van der Waals surface area contributed by atoms with Gasteiger partial charge in [0.2, 0.25) is 0 Å². The van der Waals surface area contributed by atoms with Gasteiger partial charge in [-0.25, -0.2) is 0 Å². The first-order valence-corrected chi connectivity index (χ1v) is 6.68. The highest BCUT2D eigenvalue weighted by molar-refractivity contribution is 8.13. The molecule has 0 saturated carbocycles. The van der Waals surface area contributed by atoms with Crippen molar-refractivity contribution in [3.05, 3.63) is 24.3 Å². The maximum Gasteiger partial charge on any atom is 0.306 e. The Morgan fingerprint density at radius 3 is 2.20 bits per heavy atom. The van der Waals surface area contributed by atoms with Crippen LogP contribution >= 0.6 is 11.8 Å². The summed E-state index contributed by atoms with van der Waals surface area (Å²) < 4.78 is 26.2. The molecular formula is C9H10O4S2. The van der Waals surface area contributed by atoms with Crippen molar-refractivity contribution in [2.75, 3.05) is 6.26 Å². The lowest BCUT2D eigenvalue weighted by Gasteiger charge is -2.03. The summed E-state index contributed by atoms with van der Waals surface area (Å²) in [4.78, 5) is 11.5. The predicted molar refractivity (Wildman–Crippen MR) is 58.5 cm³/mol. The van der Waals surface area contributed by atoms with Crippen LogP contribution < -0.4 is 4.18 Å². The van der Waals surface area contributed by atoms with Crippen molar-refractivity contribution in [1.29, 1.82) is 0 Å². The van der Waals surface area contributed by atoms with Crippen molar-refractivity contribution < 1.29 is 17.4 Å². The van der Waals surface area contributed by atoms with E-state index in [1.54, 1.807) is 12.1 Å². The molecule has 1 aromatic carbocycles. The molecule has 0 aliphatic rings. The molecule has 0 spiro atoms. The number of carbonyl (C=O) groups is 1. The van der Waals surface area contributed by atoms with Crippen LogP contribution in [-0.2, 0) is 14.9 Å². The summed E-state index contributed by atoms with van der Waals surface area (Å²) in [7, 11) is -3.49. The number of hydrogen-bond acceptors (Lipinski definition) is 5. The minimum atomic E-state index is -3.49. The van der Waals surface area contributed by atoms with Gasteiger partial charge in [0.05, 0.1) is 6.26 Å². The summed E-state index contributed by atoms with van der Waals surface area (Å²) in [6, 6.07) is 6.28.